The standard InChI is InChI=1S/C26H22Cl2N2O4/c1-15-9-10-19-21(27)12-22(28)26(25(19)29-15)34-14-24(32)33-13-23(31)20-11-16(2)30(17(20)3)18-7-5-4-6-8-18/h4-12H,13-14H2,1-3H3. The van der Waals surface area contributed by atoms with E-state index in [1.165, 1.54) is 6.07 Å². The molecule has 4 rings (SSSR count). The molecule has 2 aromatic carbocycles. The van der Waals surface area contributed by atoms with Crippen molar-refractivity contribution in [1.82, 2.24) is 9.55 Å². The Kier molecular flexibility index (Phi) is 6.91. The normalized spacial score (nSPS) is 11.0. The second kappa shape index (κ2) is 9.87. The molecule has 0 unspecified atom stereocenters. The van der Waals surface area contributed by atoms with Crippen LogP contribution in [0.25, 0.3) is 16.6 Å². The van der Waals surface area contributed by atoms with Crippen molar-refractivity contribution in [1.29, 1.82) is 0 Å². The predicted octanol–water partition coefficient (Wildman–Crippen LogP) is 6.06. The topological polar surface area (TPSA) is 70.4 Å². The van der Waals surface area contributed by atoms with Crippen LogP contribution in [0.1, 0.15) is 27.4 Å². The van der Waals surface area contributed by atoms with E-state index in [-0.39, 0.29) is 16.6 Å². The quantitative estimate of drug-likeness (QED) is 0.229. The van der Waals surface area contributed by atoms with Gasteiger partial charge in [-0.05, 0) is 57.2 Å². The average Bonchev–Trinajstić information content (AvgIpc) is 3.11. The summed E-state index contributed by atoms with van der Waals surface area (Å²) in [6.45, 7) is 4.79. The van der Waals surface area contributed by atoms with Crippen molar-refractivity contribution in [3.63, 3.8) is 0 Å². The molecule has 174 valence electrons. The molecule has 2 heterocycles. The van der Waals surface area contributed by atoms with Gasteiger partial charge >= 0.3 is 5.97 Å². The van der Waals surface area contributed by atoms with Crippen molar-refractivity contribution >= 4 is 45.9 Å². The maximum absolute atomic E-state index is 12.8. The zero-order valence-corrected chi connectivity index (χ0v) is 20.4. The van der Waals surface area contributed by atoms with E-state index in [1.807, 2.05) is 67.8 Å². The van der Waals surface area contributed by atoms with Crippen molar-refractivity contribution in [2.24, 2.45) is 0 Å². The molecule has 8 heteroatoms. The van der Waals surface area contributed by atoms with Gasteiger partial charge in [-0.25, -0.2) is 9.78 Å². The first-order chi connectivity index (χ1) is 16.3. The number of benzene rings is 2. The maximum atomic E-state index is 12.8. The van der Waals surface area contributed by atoms with E-state index in [9.17, 15) is 9.59 Å². The summed E-state index contributed by atoms with van der Waals surface area (Å²) in [7, 11) is 0. The van der Waals surface area contributed by atoms with Crippen LogP contribution in [0.4, 0.5) is 0 Å². The summed E-state index contributed by atoms with van der Waals surface area (Å²) in [4.78, 5) is 29.5. The molecule has 0 N–H and O–H groups in total. The molecule has 0 aliphatic carbocycles. The molecule has 34 heavy (non-hydrogen) atoms. The molecule has 0 aliphatic heterocycles. The van der Waals surface area contributed by atoms with Crippen molar-refractivity contribution in [2.45, 2.75) is 20.8 Å². The fourth-order valence-electron chi connectivity index (χ4n) is 3.84. The molecular weight excluding hydrogens is 475 g/mol. The number of aryl methyl sites for hydroxylation is 2. The molecule has 0 aliphatic rings. The van der Waals surface area contributed by atoms with Gasteiger partial charge in [-0.3, -0.25) is 4.79 Å². The Balaban J connectivity index is 1.43. The van der Waals surface area contributed by atoms with Gasteiger partial charge in [0, 0.05) is 33.7 Å². The first-order valence-corrected chi connectivity index (χ1v) is 11.3. The number of carbonyl (C=O) groups excluding carboxylic acids is 2. The number of fused-ring (bicyclic) bond motifs is 1. The van der Waals surface area contributed by atoms with Crippen LogP contribution >= 0.6 is 23.2 Å². The van der Waals surface area contributed by atoms with Crippen molar-refractivity contribution in [3.8, 4) is 11.4 Å². The Morgan fingerprint density at radius 1 is 0.941 bits per heavy atom. The molecule has 0 fully saturated rings. The number of ether oxygens (including phenoxy) is 2. The highest BCUT2D eigenvalue weighted by Crippen LogP contribution is 2.37. The molecule has 0 atom stereocenters. The molecule has 0 bridgehead atoms. The Bertz CT molecular complexity index is 1400. The number of hydrogen-bond donors (Lipinski definition) is 0. The van der Waals surface area contributed by atoms with Crippen LogP contribution in [-0.2, 0) is 9.53 Å². The number of esters is 1. The average molecular weight is 497 g/mol. The zero-order chi connectivity index (χ0) is 24.4. The highest BCUT2D eigenvalue weighted by molar-refractivity contribution is 6.39. The van der Waals surface area contributed by atoms with Gasteiger partial charge in [-0.2, -0.15) is 0 Å². The summed E-state index contributed by atoms with van der Waals surface area (Å²) in [6, 6.07) is 16.7. The number of pyridine rings is 1. The lowest BCUT2D eigenvalue weighted by Crippen LogP contribution is -2.20. The number of carbonyl (C=O) groups is 2. The zero-order valence-electron chi connectivity index (χ0n) is 18.9. The Morgan fingerprint density at radius 2 is 1.68 bits per heavy atom. The summed E-state index contributed by atoms with van der Waals surface area (Å²) in [5, 5.41) is 1.32. The monoisotopic (exact) mass is 496 g/mol. The van der Waals surface area contributed by atoms with Gasteiger partial charge in [-0.1, -0.05) is 41.4 Å². The summed E-state index contributed by atoms with van der Waals surface area (Å²) in [6.07, 6.45) is 0. The van der Waals surface area contributed by atoms with Crippen LogP contribution in [0.5, 0.6) is 5.75 Å². The number of ketones is 1. The highest BCUT2D eigenvalue weighted by atomic mass is 35.5. The lowest BCUT2D eigenvalue weighted by atomic mass is 10.1. The smallest absolute Gasteiger partial charge is 0.344 e. The third kappa shape index (κ3) is 4.79. The van der Waals surface area contributed by atoms with Crippen molar-refractivity contribution in [2.75, 3.05) is 13.2 Å². The van der Waals surface area contributed by atoms with Crippen LogP contribution in [0.15, 0.2) is 54.6 Å². The number of nitrogens with zero attached hydrogens (tertiary/aromatic N) is 2. The number of hydrogen-bond acceptors (Lipinski definition) is 5. The van der Waals surface area contributed by atoms with Gasteiger partial charge in [0.2, 0.25) is 5.78 Å². The third-order valence-corrected chi connectivity index (χ3v) is 6.02. The minimum Gasteiger partial charge on any atom is -0.478 e. The lowest BCUT2D eigenvalue weighted by Gasteiger charge is -2.12. The molecule has 0 amide bonds. The van der Waals surface area contributed by atoms with Crippen LogP contribution in [-0.4, -0.2) is 34.5 Å². The van der Waals surface area contributed by atoms with Crippen LogP contribution in [0, 0.1) is 20.8 Å². The Hall–Kier alpha value is -3.35. The summed E-state index contributed by atoms with van der Waals surface area (Å²) in [5.41, 5.74) is 4.35. The van der Waals surface area contributed by atoms with Gasteiger partial charge in [0.05, 0.1) is 10.0 Å². The van der Waals surface area contributed by atoms with Gasteiger partial charge < -0.3 is 14.0 Å². The third-order valence-electron chi connectivity index (χ3n) is 5.42. The van der Waals surface area contributed by atoms with E-state index in [1.54, 1.807) is 6.07 Å². The van der Waals surface area contributed by atoms with Crippen LogP contribution < -0.4 is 4.74 Å². The molecular formula is C26H22Cl2N2O4. The second-order valence-electron chi connectivity index (χ2n) is 7.85. The molecule has 0 saturated heterocycles. The molecule has 0 spiro atoms. The number of aromatic nitrogens is 2. The summed E-state index contributed by atoms with van der Waals surface area (Å²) in [5.74, 6) is -0.757. The highest BCUT2D eigenvalue weighted by Gasteiger charge is 2.19. The number of halogens is 2. The van der Waals surface area contributed by atoms with Crippen LogP contribution in [0.3, 0.4) is 0 Å². The number of Topliss-reactive ketones (excluding diaryl/α,β-unsaturated/α-hetero) is 1. The lowest BCUT2D eigenvalue weighted by molar-refractivity contribution is -0.144. The molecule has 4 aromatic rings. The van der Waals surface area contributed by atoms with E-state index >= 15 is 0 Å². The SMILES string of the molecule is Cc1ccc2c(Cl)cc(Cl)c(OCC(=O)OCC(=O)c3cc(C)n(-c4ccccc4)c3C)c2n1. The van der Waals surface area contributed by atoms with E-state index in [0.29, 0.717) is 21.5 Å². The van der Waals surface area contributed by atoms with Gasteiger partial charge in [0.15, 0.2) is 19.0 Å². The summed E-state index contributed by atoms with van der Waals surface area (Å²) < 4.78 is 12.8. The van der Waals surface area contributed by atoms with E-state index < -0.39 is 19.2 Å². The molecule has 0 saturated carbocycles. The second-order valence-corrected chi connectivity index (χ2v) is 8.66. The van der Waals surface area contributed by atoms with E-state index in [0.717, 1.165) is 22.8 Å². The fraction of sp³-hybridized carbons (Fsp3) is 0.192. The first kappa shape index (κ1) is 23.8. The minimum absolute atomic E-state index is 0.229. The molecule has 2 aromatic heterocycles. The summed E-state index contributed by atoms with van der Waals surface area (Å²) >= 11 is 12.5. The Labute approximate surface area is 207 Å². The van der Waals surface area contributed by atoms with E-state index in [4.69, 9.17) is 32.7 Å². The van der Waals surface area contributed by atoms with Gasteiger partial charge in [-0.15, -0.1) is 0 Å². The predicted molar refractivity (Wildman–Crippen MR) is 133 cm³/mol. The van der Waals surface area contributed by atoms with E-state index in [2.05, 4.69) is 4.98 Å². The number of para-hydroxylation sites is 1. The van der Waals surface area contributed by atoms with Crippen molar-refractivity contribution in [3.05, 3.63) is 87.3 Å². The molecule has 0 radical (unpaired) electrons. The first-order valence-electron chi connectivity index (χ1n) is 10.6. The molecule has 6 nitrogen and oxygen atoms in total. The Morgan fingerprint density at radius 3 is 2.41 bits per heavy atom. The van der Waals surface area contributed by atoms with Crippen LogP contribution in [0.2, 0.25) is 10.0 Å². The number of rotatable bonds is 7. The fourth-order valence-corrected chi connectivity index (χ4v) is 4.41. The largest absolute Gasteiger partial charge is 0.478 e. The minimum atomic E-state index is -0.697. The van der Waals surface area contributed by atoms with Crippen molar-refractivity contribution < 1.29 is 19.1 Å². The maximum Gasteiger partial charge on any atom is 0.344 e. The van der Waals surface area contributed by atoms with Gasteiger partial charge in [0.25, 0.3) is 0 Å². The van der Waals surface area contributed by atoms with Gasteiger partial charge in [0.1, 0.15) is 5.52 Å².